The van der Waals surface area contributed by atoms with Gasteiger partial charge < -0.3 is 34.1 Å². The summed E-state index contributed by atoms with van der Waals surface area (Å²) in [7, 11) is 4.78. The molecule has 3 N–H and O–H groups in total. The van der Waals surface area contributed by atoms with Crippen LogP contribution in [0.5, 0.6) is 5.75 Å². The molecule has 1 fully saturated rings. The number of nitrogens with zero attached hydrogens (tertiary/aromatic N) is 1. The maximum Gasteiger partial charge on any atom is 0.547 e. The Kier molecular flexibility index (Phi) is 8.38. The van der Waals surface area contributed by atoms with Gasteiger partial charge in [-0.2, -0.15) is 0 Å². The van der Waals surface area contributed by atoms with Crippen LogP contribution in [0.25, 0.3) is 0 Å². The summed E-state index contributed by atoms with van der Waals surface area (Å²) in [5, 5.41) is 22.3. The summed E-state index contributed by atoms with van der Waals surface area (Å²) in [6, 6.07) is 3.78. The first-order valence-electron chi connectivity index (χ1n) is 13.2. The Balaban J connectivity index is 1.75. The molecule has 0 radical (unpaired) electrons. The fraction of sp³-hybridized carbons (Fsp3) is 0.586. The SMILES string of the molecule is COc1cc2cc(c1Cl)N(C)C(=O)CC(C)C1(C)OC1C(C)C1CC(O)([NH+]=C(O)O1)C(OC)/C=C/C=C(\C)C2. The summed E-state index contributed by atoms with van der Waals surface area (Å²) in [5.41, 5.74) is 0.352. The highest BCUT2D eigenvalue weighted by Gasteiger charge is 2.62. The largest absolute Gasteiger partial charge is 0.547 e. The Bertz CT molecular complexity index is 1200. The van der Waals surface area contributed by atoms with E-state index in [0.717, 1.165) is 11.1 Å². The average Bonchev–Trinajstić information content (AvgIpc) is 3.58. The van der Waals surface area contributed by atoms with Crippen molar-refractivity contribution in [2.45, 2.75) is 76.6 Å². The Labute approximate surface area is 235 Å². The molecule has 4 bridgehead atoms. The molecule has 0 aliphatic carbocycles. The first-order valence-corrected chi connectivity index (χ1v) is 13.6. The Morgan fingerprint density at radius 2 is 1.97 bits per heavy atom. The van der Waals surface area contributed by atoms with Crippen LogP contribution in [0.3, 0.4) is 0 Å². The smallest absolute Gasteiger partial charge is 0.495 e. The molecule has 0 aromatic heterocycles. The van der Waals surface area contributed by atoms with Crippen LogP contribution in [0, 0.1) is 11.8 Å². The maximum absolute atomic E-state index is 13.4. The summed E-state index contributed by atoms with van der Waals surface area (Å²) in [5.74, 6) is 0.0841. The van der Waals surface area contributed by atoms with Gasteiger partial charge in [0.1, 0.15) is 16.9 Å². The van der Waals surface area contributed by atoms with Gasteiger partial charge in [0.25, 0.3) is 0 Å². The number of rotatable bonds is 2. The molecule has 4 rings (SSSR count). The zero-order chi connectivity index (χ0) is 28.7. The number of amides is 1. The summed E-state index contributed by atoms with van der Waals surface area (Å²) < 4.78 is 23.0. The minimum Gasteiger partial charge on any atom is -0.495 e. The van der Waals surface area contributed by atoms with Crippen molar-refractivity contribution in [3.63, 3.8) is 0 Å². The van der Waals surface area contributed by atoms with E-state index in [4.69, 9.17) is 30.5 Å². The number of hydrogen-bond donors (Lipinski definition) is 3. The summed E-state index contributed by atoms with van der Waals surface area (Å²) in [4.78, 5) is 17.7. The number of anilines is 1. The average molecular weight is 564 g/mol. The van der Waals surface area contributed by atoms with Gasteiger partial charge in [-0.15, -0.1) is 4.99 Å². The van der Waals surface area contributed by atoms with Gasteiger partial charge in [-0.3, -0.25) is 4.79 Å². The second-order valence-corrected chi connectivity index (χ2v) is 11.6. The lowest BCUT2D eigenvalue weighted by Crippen LogP contribution is -2.94. The number of carbonyl (C=O) groups is 1. The highest BCUT2D eigenvalue weighted by molar-refractivity contribution is 6.35. The van der Waals surface area contributed by atoms with Crippen LogP contribution in [-0.2, 0) is 25.4 Å². The fourth-order valence-electron chi connectivity index (χ4n) is 5.70. The van der Waals surface area contributed by atoms with Gasteiger partial charge in [-0.05, 0) is 50.0 Å². The molecule has 1 saturated heterocycles. The van der Waals surface area contributed by atoms with Gasteiger partial charge >= 0.3 is 11.8 Å². The van der Waals surface area contributed by atoms with Crippen LogP contribution in [0.1, 0.15) is 46.1 Å². The molecule has 7 unspecified atom stereocenters. The monoisotopic (exact) mass is 563 g/mol. The normalized spacial score (nSPS) is 37.6. The van der Waals surface area contributed by atoms with E-state index in [0.29, 0.717) is 22.9 Å². The summed E-state index contributed by atoms with van der Waals surface area (Å²) in [6.07, 6.45) is 4.43. The lowest BCUT2D eigenvalue weighted by atomic mass is 9.81. The van der Waals surface area contributed by atoms with Gasteiger partial charge in [-0.25, -0.2) is 0 Å². The number of nitrogens with one attached hydrogen (secondary N) is 1. The molecular weight excluding hydrogens is 524 g/mol. The molecule has 1 amide bonds. The molecule has 9 nitrogen and oxygen atoms in total. The van der Waals surface area contributed by atoms with E-state index in [1.807, 2.05) is 52.0 Å². The molecule has 0 spiro atoms. The maximum atomic E-state index is 13.4. The quantitative estimate of drug-likeness (QED) is 0.474. The molecule has 1 aromatic rings. The van der Waals surface area contributed by atoms with Crippen molar-refractivity contribution in [3.05, 3.63) is 46.5 Å². The summed E-state index contributed by atoms with van der Waals surface area (Å²) >= 11 is 6.65. The molecule has 0 saturated carbocycles. The number of aliphatic hydroxyl groups is 2. The first kappa shape index (κ1) is 29.4. The van der Waals surface area contributed by atoms with Crippen molar-refractivity contribution in [1.82, 2.24) is 0 Å². The van der Waals surface area contributed by atoms with Crippen molar-refractivity contribution < 1.29 is 38.9 Å². The molecule has 3 heterocycles. The van der Waals surface area contributed by atoms with E-state index < -0.39 is 29.6 Å². The molecule has 39 heavy (non-hydrogen) atoms. The molecule has 1 aromatic carbocycles. The van der Waals surface area contributed by atoms with Crippen molar-refractivity contribution in [2.24, 2.45) is 11.8 Å². The van der Waals surface area contributed by atoms with Gasteiger partial charge in [0, 0.05) is 26.5 Å². The standard InChI is InChI=1S/C29H39ClN2O7/c1-16-9-8-10-23(37-7)29(35)15-22(38-27(34)31-29)18(3)26-28(4,39-26)17(2)12-24(33)32(5)20-13-19(11-16)14-21(36-6)25(20)30/h8-10,13-14,17-18,22-23,26,35H,11-12,15H2,1-7H3,(H,31,34)/p+1/b10-8+,16-9+. The highest BCUT2D eigenvalue weighted by atomic mass is 35.5. The number of epoxide rings is 1. The van der Waals surface area contributed by atoms with E-state index in [1.54, 1.807) is 25.1 Å². The van der Waals surface area contributed by atoms with E-state index in [2.05, 4.69) is 4.99 Å². The topological polar surface area (TPSA) is 115 Å². The number of methoxy groups -OCH3 is 2. The number of hydrogen-bond acceptors (Lipinski definition) is 6. The number of ether oxygens (including phenoxy) is 4. The van der Waals surface area contributed by atoms with E-state index in [1.165, 1.54) is 7.11 Å². The number of fused-ring (bicyclic) bond motifs is 5. The van der Waals surface area contributed by atoms with E-state index in [9.17, 15) is 15.0 Å². The molecule has 214 valence electrons. The third-order valence-electron chi connectivity index (χ3n) is 8.42. The zero-order valence-electron chi connectivity index (χ0n) is 23.7. The lowest BCUT2D eigenvalue weighted by Gasteiger charge is -2.33. The van der Waals surface area contributed by atoms with Crippen molar-refractivity contribution in [3.8, 4) is 5.75 Å². The Hall–Kier alpha value is -2.59. The van der Waals surface area contributed by atoms with Gasteiger partial charge in [0.2, 0.25) is 5.91 Å². The molecule has 7 atom stereocenters. The van der Waals surface area contributed by atoms with Crippen LogP contribution in [0.2, 0.25) is 5.02 Å². The lowest BCUT2D eigenvalue weighted by molar-refractivity contribution is -0.650. The van der Waals surface area contributed by atoms with Crippen molar-refractivity contribution in [1.29, 1.82) is 0 Å². The van der Waals surface area contributed by atoms with Gasteiger partial charge in [0.05, 0.1) is 30.9 Å². The molecular formula is C29H40ClN2O7+. The fourth-order valence-corrected chi connectivity index (χ4v) is 6.01. The Morgan fingerprint density at radius 1 is 1.26 bits per heavy atom. The van der Waals surface area contributed by atoms with Gasteiger partial charge in [-0.1, -0.05) is 43.2 Å². The second kappa shape index (κ2) is 11.1. The Morgan fingerprint density at radius 3 is 2.64 bits per heavy atom. The van der Waals surface area contributed by atoms with E-state index in [-0.39, 0.29) is 36.7 Å². The van der Waals surface area contributed by atoms with Crippen LogP contribution in [-0.4, -0.2) is 73.1 Å². The van der Waals surface area contributed by atoms with Crippen molar-refractivity contribution >= 4 is 29.3 Å². The van der Waals surface area contributed by atoms with Crippen LogP contribution in [0.4, 0.5) is 5.69 Å². The third-order valence-corrected chi connectivity index (χ3v) is 8.80. The predicted molar refractivity (Wildman–Crippen MR) is 148 cm³/mol. The zero-order valence-corrected chi connectivity index (χ0v) is 24.4. The van der Waals surface area contributed by atoms with Crippen LogP contribution < -0.4 is 14.6 Å². The second-order valence-electron chi connectivity index (χ2n) is 11.2. The molecule has 3 aliphatic rings. The van der Waals surface area contributed by atoms with Gasteiger partial charge in [0.15, 0.2) is 6.10 Å². The number of aliphatic hydroxyl groups excluding tert-OH is 1. The molecule has 3 aliphatic heterocycles. The number of halogens is 1. The van der Waals surface area contributed by atoms with Crippen LogP contribution >= 0.6 is 11.6 Å². The number of benzene rings is 1. The molecule has 10 heteroatoms. The minimum absolute atomic E-state index is 0.0961. The summed E-state index contributed by atoms with van der Waals surface area (Å²) in [6.45, 7) is 7.92. The van der Waals surface area contributed by atoms with Crippen LogP contribution in [0.15, 0.2) is 35.9 Å². The predicted octanol–water partition coefficient (Wildman–Crippen LogP) is 2.68. The van der Waals surface area contributed by atoms with Crippen molar-refractivity contribution in [2.75, 3.05) is 26.2 Å². The van der Waals surface area contributed by atoms with E-state index >= 15 is 0 Å². The third kappa shape index (κ3) is 5.82. The number of carbonyl (C=O) groups excluding carboxylic acids is 1. The first-order chi connectivity index (χ1) is 18.3. The minimum atomic E-state index is -1.61. The number of allylic oxidation sites excluding steroid dienone is 3. The highest BCUT2D eigenvalue weighted by Crippen LogP contribution is 2.50.